The second-order valence-electron chi connectivity index (χ2n) is 1.82. The molecule has 0 atom stereocenters. The minimum atomic E-state index is 1.09. The Labute approximate surface area is 62.3 Å². The first-order valence-electron chi connectivity index (χ1n) is 2.42. The van der Waals surface area contributed by atoms with Gasteiger partial charge < -0.3 is 4.90 Å². The number of halogens is 1. The van der Waals surface area contributed by atoms with Crippen molar-refractivity contribution in [2.45, 2.75) is 6.92 Å². The summed E-state index contributed by atoms with van der Waals surface area (Å²) in [5.74, 6) is 1.09. The van der Waals surface area contributed by atoms with Crippen LogP contribution in [0.4, 0.5) is 0 Å². The molecule has 1 heterocycles. The zero-order valence-corrected chi connectivity index (χ0v) is 7.34. The highest BCUT2D eigenvalue weighted by Crippen LogP contribution is 2.32. The first-order valence-corrected chi connectivity index (χ1v) is 4.20. The first-order chi connectivity index (χ1) is 3.72. The molecule has 1 aliphatic rings. The fraction of sp³-hybridized carbons (Fsp3) is 0.600. The molecule has 0 fully saturated rings. The first kappa shape index (κ1) is 6.49. The monoisotopic (exact) mass is 193 g/mol. The zero-order chi connectivity index (χ0) is 6.15. The smallest absolute Gasteiger partial charge is 0.0904 e. The molecule has 0 amide bonds. The van der Waals surface area contributed by atoms with Crippen LogP contribution in [0.25, 0.3) is 0 Å². The number of allylic oxidation sites excluding steroid dienone is 1. The molecule has 0 aliphatic carbocycles. The molecule has 0 aromatic rings. The summed E-state index contributed by atoms with van der Waals surface area (Å²) in [6.45, 7) is 2.12. The van der Waals surface area contributed by atoms with Crippen molar-refractivity contribution in [3.05, 3.63) is 9.51 Å². The van der Waals surface area contributed by atoms with E-state index in [0.29, 0.717) is 0 Å². The van der Waals surface area contributed by atoms with Gasteiger partial charge in [0.05, 0.1) is 10.5 Å². The molecule has 1 aliphatic heterocycles. The van der Waals surface area contributed by atoms with Crippen molar-refractivity contribution in [1.82, 2.24) is 4.90 Å². The van der Waals surface area contributed by atoms with Crippen molar-refractivity contribution < 1.29 is 0 Å². The van der Waals surface area contributed by atoms with Crippen molar-refractivity contribution >= 4 is 27.7 Å². The van der Waals surface area contributed by atoms with Gasteiger partial charge in [-0.05, 0) is 22.9 Å². The van der Waals surface area contributed by atoms with Gasteiger partial charge in [0.2, 0.25) is 0 Å². The van der Waals surface area contributed by atoms with Crippen LogP contribution in [0.2, 0.25) is 0 Å². The average molecular weight is 194 g/mol. The molecule has 8 heavy (non-hydrogen) atoms. The van der Waals surface area contributed by atoms with Gasteiger partial charge in [-0.1, -0.05) is 0 Å². The molecule has 0 radical (unpaired) electrons. The minimum absolute atomic E-state index is 1.09. The van der Waals surface area contributed by atoms with E-state index in [1.165, 1.54) is 9.51 Å². The average Bonchev–Trinajstić information content (AvgIpc) is 1.98. The zero-order valence-electron chi connectivity index (χ0n) is 4.94. The van der Waals surface area contributed by atoms with Gasteiger partial charge in [0.15, 0.2) is 0 Å². The van der Waals surface area contributed by atoms with Crippen molar-refractivity contribution in [2.24, 2.45) is 0 Å². The Hall–Kier alpha value is 0.370. The van der Waals surface area contributed by atoms with Gasteiger partial charge in [-0.3, -0.25) is 0 Å². The summed E-state index contributed by atoms with van der Waals surface area (Å²) in [6, 6.07) is 0. The van der Waals surface area contributed by atoms with Crippen molar-refractivity contribution in [2.75, 3.05) is 12.9 Å². The molecule has 0 saturated carbocycles. The molecule has 1 rings (SSSR count). The Kier molecular flexibility index (Phi) is 1.88. The molecule has 1 nitrogen and oxygen atoms in total. The van der Waals surface area contributed by atoms with E-state index in [0.717, 1.165) is 5.88 Å². The van der Waals surface area contributed by atoms with Gasteiger partial charge in [0.25, 0.3) is 0 Å². The molecule has 0 aromatic carbocycles. The van der Waals surface area contributed by atoms with Gasteiger partial charge in [-0.2, -0.15) is 0 Å². The Morgan fingerprint density at radius 2 is 2.38 bits per heavy atom. The van der Waals surface area contributed by atoms with E-state index in [1.54, 1.807) is 0 Å². The number of rotatable bonds is 0. The fourth-order valence-electron chi connectivity index (χ4n) is 0.579. The van der Waals surface area contributed by atoms with Crippen LogP contribution >= 0.6 is 27.7 Å². The molecule has 0 N–H and O–H groups in total. The third kappa shape index (κ3) is 1.03. The summed E-state index contributed by atoms with van der Waals surface area (Å²) < 4.78 is 1.24. The van der Waals surface area contributed by atoms with E-state index < -0.39 is 0 Å². The van der Waals surface area contributed by atoms with Gasteiger partial charge in [0.1, 0.15) is 0 Å². The van der Waals surface area contributed by atoms with E-state index in [-0.39, 0.29) is 0 Å². The van der Waals surface area contributed by atoms with E-state index in [9.17, 15) is 0 Å². The number of thioether (sulfide) groups is 1. The van der Waals surface area contributed by atoms with Gasteiger partial charge in [0, 0.05) is 12.0 Å². The predicted molar refractivity (Wildman–Crippen MR) is 41.8 cm³/mol. The van der Waals surface area contributed by atoms with E-state index in [4.69, 9.17) is 0 Å². The highest BCUT2D eigenvalue weighted by molar-refractivity contribution is 9.11. The molecule has 0 saturated heterocycles. The van der Waals surface area contributed by atoms with E-state index >= 15 is 0 Å². The van der Waals surface area contributed by atoms with E-state index in [2.05, 4.69) is 34.8 Å². The van der Waals surface area contributed by atoms with Crippen LogP contribution in [0.3, 0.4) is 0 Å². The molecular weight excluding hydrogens is 186 g/mol. The SMILES string of the molecule is CC1=C(Br)N(C)CS1. The number of hydrogen-bond acceptors (Lipinski definition) is 2. The molecule has 0 bridgehead atoms. The maximum absolute atomic E-state index is 3.45. The largest absolute Gasteiger partial charge is 0.359 e. The summed E-state index contributed by atoms with van der Waals surface area (Å²) in [6.07, 6.45) is 0. The lowest BCUT2D eigenvalue weighted by Gasteiger charge is -2.07. The second kappa shape index (κ2) is 2.31. The third-order valence-electron chi connectivity index (χ3n) is 1.10. The molecule has 0 spiro atoms. The summed E-state index contributed by atoms with van der Waals surface area (Å²) >= 11 is 5.33. The lowest BCUT2D eigenvalue weighted by Crippen LogP contribution is -2.07. The van der Waals surface area contributed by atoms with Crippen molar-refractivity contribution in [3.63, 3.8) is 0 Å². The van der Waals surface area contributed by atoms with Gasteiger partial charge >= 0.3 is 0 Å². The Morgan fingerprint density at radius 1 is 1.75 bits per heavy atom. The van der Waals surface area contributed by atoms with Crippen LogP contribution in [0.1, 0.15) is 6.92 Å². The second-order valence-corrected chi connectivity index (χ2v) is 3.73. The molecule has 0 unspecified atom stereocenters. The fourth-order valence-corrected chi connectivity index (χ4v) is 2.00. The number of nitrogens with zero attached hydrogens (tertiary/aromatic N) is 1. The van der Waals surface area contributed by atoms with Crippen LogP contribution in [0.5, 0.6) is 0 Å². The molecule has 46 valence electrons. The quantitative estimate of drug-likeness (QED) is 0.544. The molecular formula is C5H8BrNS. The standard InChI is InChI=1S/C5H8BrNS/c1-4-5(6)7(2)3-8-4/h3H2,1-2H3. The summed E-state index contributed by atoms with van der Waals surface area (Å²) in [5.41, 5.74) is 0. The van der Waals surface area contributed by atoms with Crippen molar-refractivity contribution in [1.29, 1.82) is 0 Å². The van der Waals surface area contributed by atoms with Crippen molar-refractivity contribution in [3.8, 4) is 0 Å². The van der Waals surface area contributed by atoms with E-state index in [1.807, 2.05) is 11.8 Å². The summed E-state index contributed by atoms with van der Waals surface area (Å²) in [5, 5.41) is 0. The summed E-state index contributed by atoms with van der Waals surface area (Å²) in [4.78, 5) is 3.56. The lowest BCUT2D eigenvalue weighted by molar-refractivity contribution is 0.540. The predicted octanol–water partition coefficient (Wildman–Crippen LogP) is 2.21. The topological polar surface area (TPSA) is 3.24 Å². The van der Waals surface area contributed by atoms with Crippen LogP contribution in [0.15, 0.2) is 9.51 Å². The summed E-state index contributed by atoms with van der Waals surface area (Å²) in [7, 11) is 2.08. The van der Waals surface area contributed by atoms with Crippen LogP contribution in [-0.4, -0.2) is 17.8 Å². The van der Waals surface area contributed by atoms with Crippen LogP contribution in [0, 0.1) is 0 Å². The van der Waals surface area contributed by atoms with Crippen LogP contribution < -0.4 is 0 Å². The van der Waals surface area contributed by atoms with Gasteiger partial charge in [-0.25, -0.2) is 0 Å². The highest BCUT2D eigenvalue weighted by atomic mass is 79.9. The maximum atomic E-state index is 3.45. The van der Waals surface area contributed by atoms with Gasteiger partial charge in [-0.15, -0.1) is 11.8 Å². The number of hydrogen-bond donors (Lipinski definition) is 0. The Morgan fingerprint density at radius 3 is 2.50 bits per heavy atom. The lowest BCUT2D eigenvalue weighted by atomic mass is 10.6. The Bertz CT molecular complexity index is 132. The normalized spacial score (nSPS) is 20.6. The highest BCUT2D eigenvalue weighted by Gasteiger charge is 2.12. The third-order valence-corrected chi connectivity index (χ3v) is 3.71. The van der Waals surface area contributed by atoms with Crippen LogP contribution in [-0.2, 0) is 0 Å². The molecule has 0 aromatic heterocycles. The molecule has 3 heteroatoms. The maximum Gasteiger partial charge on any atom is 0.0904 e. The minimum Gasteiger partial charge on any atom is -0.359 e. The Balaban J connectivity index is 2.71.